The fraction of sp³-hybridized carbons (Fsp3) is 0.500. The summed E-state index contributed by atoms with van der Waals surface area (Å²) in [6.45, 7) is -0.472. The van der Waals surface area contributed by atoms with Crippen molar-refractivity contribution in [3.8, 4) is 5.75 Å². The Bertz CT molecular complexity index is 461. The van der Waals surface area contributed by atoms with Gasteiger partial charge in [0.25, 0.3) is 0 Å². The predicted octanol–water partition coefficient (Wildman–Crippen LogP) is 2.64. The van der Waals surface area contributed by atoms with Gasteiger partial charge >= 0.3 is 6.61 Å². The molecule has 0 bridgehead atoms. The number of hydrogen-bond donors (Lipinski definition) is 1. The number of amides is 1. The van der Waals surface area contributed by atoms with Crippen LogP contribution in [0, 0.1) is 0 Å². The first-order valence-electron chi connectivity index (χ1n) is 6.53. The minimum atomic E-state index is -2.86. The fourth-order valence-corrected chi connectivity index (χ4v) is 2.13. The van der Waals surface area contributed by atoms with Crippen LogP contribution >= 0.6 is 0 Å². The highest BCUT2D eigenvalue weighted by Gasteiger charge is 2.24. The van der Waals surface area contributed by atoms with Crippen molar-refractivity contribution in [1.29, 1.82) is 0 Å². The summed E-state index contributed by atoms with van der Waals surface area (Å²) in [7, 11) is 0. The lowest BCUT2D eigenvalue weighted by atomic mass is 10.1. The maximum absolute atomic E-state index is 12.2. The first-order valence-corrected chi connectivity index (χ1v) is 6.53. The quantitative estimate of drug-likeness (QED) is 0.904. The van der Waals surface area contributed by atoms with Gasteiger partial charge in [-0.2, -0.15) is 8.78 Å². The number of benzene rings is 1. The van der Waals surface area contributed by atoms with Crippen molar-refractivity contribution in [2.75, 3.05) is 6.61 Å². The molecule has 1 saturated heterocycles. The molecule has 0 aliphatic carbocycles. The number of ether oxygens (including phenoxy) is 2. The number of hydrogen-bond acceptors (Lipinski definition) is 3. The summed E-state index contributed by atoms with van der Waals surface area (Å²) in [5.74, 6) is -0.0918. The van der Waals surface area contributed by atoms with Crippen molar-refractivity contribution in [3.05, 3.63) is 29.8 Å². The number of carbonyl (C=O) groups excluding carboxylic acids is 1. The van der Waals surface area contributed by atoms with Crippen molar-refractivity contribution >= 4 is 5.91 Å². The van der Waals surface area contributed by atoms with E-state index in [0.29, 0.717) is 18.6 Å². The van der Waals surface area contributed by atoms with Gasteiger partial charge in [-0.15, -0.1) is 0 Å². The standard InChI is InChI=1S/C14H17F2NO3/c1-9(17-13(18)12-6-3-7-19-12)10-4-2-5-11(8-10)20-14(15)16/h2,4-5,8-9,12,14H,3,6-7H2,1H3,(H,17,18). The predicted molar refractivity (Wildman–Crippen MR) is 68.6 cm³/mol. The van der Waals surface area contributed by atoms with E-state index in [-0.39, 0.29) is 17.7 Å². The fourth-order valence-electron chi connectivity index (χ4n) is 2.13. The van der Waals surface area contributed by atoms with Crippen LogP contribution in [0.25, 0.3) is 0 Å². The van der Waals surface area contributed by atoms with Crippen molar-refractivity contribution in [1.82, 2.24) is 5.32 Å². The van der Waals surface area contributed by atoms with Crippen LogP contribution in [0.2, 0.25) is 0 Å². The minimum Gasteiger partial charge on any atom is -0.435 e. The van der Waals surface area contributed by atoms with Gasteiger partial charge in [0.2, 0.25) is 5.91 Å². The van der Waals surface area contributed by atoms with E-state index in [1.54, 1.807) is 19.1 Å². The number of nitrogens with one attached hydrogen (secondary N) is 1. The van der Waals surface area contributed by atoms with Gasteiger partial charge < -0.3 is 14.8 Å². The average molecular weight is 285 g/mol. The van der Waals surface area contributed by atoms with Crippen molar-refractivity contribution in [2.24, 2.45) is 0 Å². The zero-order valence-electron chi connectivity index (χ0n) is 11.1. The zero-order chi connectivity index (χ0) is 14.5. The van der Waals surface area contributed by atoms with Gasteiger partial charge in [0, 0.05) is 6.61 Å². The lowest BCUT2D eigenvalue weighted by Crippen LogP contribution is -2.35. The van der Waals surface area contributed by atoms with E-state index in [1.165, 1.54) is 12.1 Å². The molecule has 1 aliphatic rings. The maximum atomic E-state index is 12.2. The molecule has 2 atom stereocenters. The van der Waals surface area contributed by atoms with Gasteiger partial charge in [0.05, 0.1) is 6.04 Å². The van der Waals surface area contributed by atoms with E-state index in [0.717, 1.165) is 6.42 Å². The highest BCUT2D eigenvalue weighted by molar-refractivity contribution is 5.81. The third-order valence-electron chi connectivity index (χ3n) is 3.16. The molecular weight excluding hydrogens is 268 g/mol. The summed E-state index contributed by atoms with van der Waals surface area (Å²) in [6.07, 6.45) is 1.19. The van der Waals surface area contributed by atoms with E-state index in [2.05, 4.69) is 10.1 Å². The van der Waals surface area contributed by atoms with Gasteiger partial charge in [-0.1, -0.05) is 12.1 Å². The number of carbonyl (C=O) groups is 1. The second kappa shape index (κ2) is 6.65. The van der Waals surface area contributed by atoms with Crippen LogP contribution in [0.15, 0.2) is 24.3 Å². The van der Waals surface area contributed by atoms with Crippen LogP contribution in [0.4, 0.5) is 8.78 Å². The highest BCUT2D eigenvalue weighted by Crippen LogP contribution is 2.21. The largest absolute Gasteiger partial charge is 0.435 e. The Balaban J connectivity index is 1.97. The Morgan fingerprint density at radius 2 is 2.30 bits per heavy atom. The highest BCUT2D eigenvalue weighted by atomic mass is 19.3. The van der Waals surface area contributed by atoms with Gasteiger partial charge in [0.15, 0.2) is 0 Å². The van der Waals surface area contributed by atoms with Crippen molar-refractivity contribution in [2.45, 2.75) is 38.5 Å². The first-order chi connectivity index (χ1) is 9.56. The molecule has 0 aromatic heterocycles. The summed E-state index contributed by atoms with van der Waals surface area (Å²) in [5, 5.41) is 2.81. The molecule has 110 valence electrons. The molecule has 1 heterocycles. The van der Waals surface area contributed by atoms with Gasteiger partial charge in [-0.25, -0.2) is 0 Å². The minimum absolute atomic E-state index is 0.0794. The third-order valence-corrected chi connectivity index (χ3v) is 3.16. The Morgan fingerprint density at radius 1 is 1.50 bits per heavy atom. The third kappa shape index (κ3) is 3.90. The molecule has 1 aromatic carbocycles. The van der Waals surface area contributed by atoms with E-state index >= 15 is 0 Å². The molecule has 1 aromatic rings. The summed E-state index contributed by atoms with van der Waals surface area (Å²) in [5.41, 5.74) is 0.703. The van der Waals surface area contributed by atoms with Crippen LogP contribution in [0.3, 0.4) is 0 Å². The second-order valence-corrected chi connectivity index (χ2v) is 4.68. The Morgan fingerprint density at radius 3 is 2.95 bits per heavy atom. The summed E-state index contributed by atoms with van der Waals surface area (Å²) in [6, 6.07) is 6.00. The second-order valence-electron chi connectivity index (χ2n) is 4.68. The van der Waals surface area contributed by atoms with Crippen LogP contribution in [0.5, 0.6) is 5.75 Å². The first kappa shape index (κ1) is 14.7. The Hall–Kier alpha value is -1.69. The molecule has 6 heteroatoms. The Labute approximate surface area is 116 Å². The van der Waals surface area contributed by atoms with E-state index < -0.39 is 12.7 Å². The van der Waals surface area contributed by atoms with E-state index in [1.807, 2.05) is 0 Å². The average Bonchev–Trinajstić information content (AvgIpc) is 2.92. The molecule has 0 radical (unpaired) electrons. The van der Waals surface area contributed by atoms with Crippen molar-refractivity contribution < 1.29 is 23.0 Å². The summed E-state index contributed by atoms with van der Waals surface area (Å²) < 4.78 is 33.9. The molecule has 4 nitrogen and oxygen atoms in total. The van der Waals surface area contributed by atoms with Crippen LogP contribution in [0.1, 0.15) is 31.4 Å². The molecule has 1 amide bonds. The molecule has 2 rings (SSSR count). The van der Waals surface area contributed by atoms with Gasteiger partial charge in [-0.3, -0.25) is 4.79 Å². The monoisotopic (exact) mass is 285 g/mol. The maximum Gasteiger partial charge on any atom is 0.387 e. The molecule has 1 N–H and O–H groups in total. The molecule has 1 aliphatic heterocycles. The van der Waals surface area contributed by atoms with Crippen molar-refractivity contribution in [3.63, 3.8) is 0 Å². The SMILES string of the molecule is CC(NC(=O)C1CCCO1)c1cccc(OC(F)F)c1. The van der Waals surface area contributed by atoms with Gasteiger partial charge in [0.1, 0.15) is 11.9 Å². The molecule has 20 heavy (non-hydrogen) atoms. The van der Waals surface area contributed by atoms with Crippen LogP contribution in [-0.4, -0.2) is 25.2 Å². The number of alkyl halides is 2. The van der Waals surface area contributed by atoms with Crippen LogP contribution < -0.4 is 10.1 Å². The smallest absolute Gasteiger partial charge is 0.387 e. The van der Waals surface area contributed by atoms with Crippen LogP contribution in [-0.2, 0) is 9.53 Å². The van der Waals surface area contributed by atoms with E-state index in [4.69, 9.17) is 4.74 Å². The van der Waals surface area contributed by atoms with Gasteiger partial charge in [-0.05, 0) is 37.5 Å². The topological polar surface area (TPSA) is 47.6 Å². The lowest BCUT2D eigenvalue weighted by Gasteiger charge is -2.17. The molecule has 0 spiro atoms. The molecule has 1 fully saturated rings. The number of rotatable bonds is 5. The normalized spacial score (nSPS) is 19.9. The lowest BCUT2D eigenvalue weighted by molar-refractivity contribution is -0.130. The number of halogens is 2. The Kier molecular flexibility index (Phi) is 4.89. The zero-order valence-corrected chi connectivity index (χ0v) is 11.1. The summed E-state index contributed by atoms with van der Waals surface area (Å²) in [4.78, 5) is 11.9. The molecular formula is C14H17F2NO3. The van der Waals surface area contributed by atoms with E-state index in [9.17, 15) is 13.6 Å². The molecule has 0 saturated carbocycles. The summed E-state index contributed by atoms with van der Waals surface area (Å²) >= 11 is 0. The molecule has 2 unspecified atom stereocenters.